The van der Waals surface area contributed by atoms with Crippen LogP contribution in [-0.2, 0) is 23.9 Å². The molecule has 2 aromatic carbocycles. The van der Waals surface area contributed by atoms with Crippen LogP contribution >= 0.6 is 0 Å². The number of aromatic hydroxyl groups is 3. The van der Waals surface area contributed by atoms with Crippen LogP contribution in [0.3, 0.4) is 0 Å². The minimum atomic E-state index is -2.45. The molecule has 4 atom stereocenters. The van der Waals surface area contributed by atoms with E-state index in [0.717, 1.165) is 12.2 Å². The van der Waals surface area contributed by atoms with Crippen LogP contribution in [0.5, 0.6) is 23.0 Å². The average Bonchev–Trinajstić information content (AvgIpc) is 2.86. The van der Waals surface area contributed by atoms with Crippen LogP contribution in [0.4, 0.5) is 0 Å². The first kappa shape index (κ1) is 28.0. The van der Waals surface area contributed by atoms with Crippen LogP contribution in [0.1, 0.15) is 24.0 Å². The Bertz CT molecular complexity index is 1270. The van der Waals surface area contributed by atoms with Crippen LogP contribution in [-0.4, -0.2) is 79.6 Å². The zero-order valence-electron chi connectivity index (χ0n) is 20.1. The van der Waals surface area contributed by atoms with Crippen molar-refractivity contribution in [2.45, 2.75) is 36.8 Å². The topological polar surface area (TPSA) is 200 Å². The summed E-state index contributed by atoms with van der Waals surface area (Å²) in [6.45, 7) is 0. The maximum absolute atomic E-state index is 12.5. The lowest BCUT2D eigenvalue weighted by atomic mass is 9.79. The number of phenols is 3. The summed E-state index contributed by atoms with van der Waals surface area (Å²) in [5, 5.41) is 58.9. The van der Waals surface area contributed by atoms with Gasteiger partial charge in [0, 0.05) is 25.0 Å². The van der Waals surface area contributed by atoms with Gasteiger partial charge in [-0.2, -0.15) is 0 Å². The largest absolute Gasteiger partial charge is 0.504 e. The zero-order valence-corrected chi connectivity index (χ0v) is 20.1. The monoisotopic (exact) mass is 530 g/mol. The molecule has 0 heterocycles. The Hall–Kier alpha value is -4.55. The molecule has 0 saturated heterocycles. The summed E-state index contributed by atoms with van der Waals surface area (Å²) in [6.07, 6.45) is -1.56. The van der Waals surface area contributed by atoms with Crippen LogP contribution in [0.15, 0.2) is 48.6 Å². The van der Waals surface area contributed by atoms with E-state index >= 15 is 0 Å². The number of esters is 2. The van der Waals surface area contributed by atoms with Crippen molar-refractivity contribution in [3.8, 4) is 23.0 Å². The summed E-state index contributed by atoms with van der Waals surface area (Å²) in [5.41, 5.74) is -1.66. The van der Waals surface area contributed by atoms with Crippen LogP contribution in [0, 0.1) is 0 Å². The molecule has 0 unspecified atom stereocenters. The lowest BCUT2D eigenvalue weighted by Gasteiger charge is -2.40. The minimum Gasteiger partial charge on any atom is -0.504 e. The molecule has 0 aromatic heterocycles. The Balaban J connectivity index is 1.75. The van der Waals surface area contributed by atoms with Gasteiger partial charge in [-0.25, -0.2) is 14.4 Å². The minimum absolute atomic E-state index is 0.107. The number of aliphatic carboxylic acids is 1. The molecule has 2 aromatic rings. The van der Waals surface area contributed by atoms with Crippen molar-refractivity contribution in [1.82, 2.24) is 0 Å². The number of aliphatic hydroxyl groups is 2. The van der Waals surface area contributed by atoms with Gasteiger partial charge in [-0.05, 0) is 47.5 Å². The second kappa shape index (κ2) is 11.7. The molecule has 1 saturated carbocycles. The smallest absolute Gasteiger partial charge is 0.335 e. The number of benzene rings is 2. The predicted octanol–water partition coefficient (Wildman–Crippen LogP) is 1.33. The molecule has 1 fully saturated rings. The molecule has 0 amide bonds. The normalized spacial score (nSPS) is 23.3. The standard InChI is InChI=1S/C26H26O12/c1-36-20-11-15(3-7-17(20)28)5-9-23(32)38-24-19(30)12-26(35,25(33)34)13-21(24)37-22(31)8-4-14-2-6-16(27)18(29)10-14/h2-11,19,21,24,27-30,35H,12-13H2,1H3,(H,33,34)/b8-4+,9-5+/t19-,21-,24+,26-/m0/s1. The first-order valence-corrected chi connectivity index (χ1v) is 11.2. The molecule has 3 rings (SSSR count). The highest BCUT2D eigenvalue weighted by molar-refractivity contribution is 5.88. The number of carbonyl (C=O) groups is 3. The van der Waals surface area contributed by atoms with Gasteiger partial charge in [-0.1, -0.05) is 12.1 Å². The fourth-order valence-corrected chi connectivity index (χ4v) is 3.81. The summed E-state index contributed by atoms with van der Waals surface area (Å²) in [5.74, 6) is -4.36. The summed E-state index contributed by atoms with van der Waals surface area (Å²) in [7, 11) is 1.35. The van der Waals surface area contributed by atoms with E-state index in [1.165, 1.54) is 55.7 Å². The number of hydrogen-bond acceptors (Lipinski definition) is 11. The Labute approximate surface area is 216 Å². The van der Waals surface area contributed by atoms with Crippen molar-refractivity contribution in [1.29, 1.82) is 0 Å². The quantitative estimate of drug-likeness (QED) is 0.163. The van der Waals surface area contributed by atoms with Crippen LogP contribution < -0.4 is 4.74 Å². The van der Waals surface area contributed by atoms with Gasteiger partial charge >= 0.3 is 17.9 Å². The maximum Gasteiger partial charge on any atom is 0.335 e. The third-order valence-electron chi connectivity index (χ3n) is 5.78. The fourth-order valence-electron chi connectivity index (χ4n) is 3.81. The van der Waals surface area contributed by atoms with Crippen molar-refractivity contribution in [3.05, 3.63) is 59.7 Å². The number of aliphatic hydroxyl groups excluding tert-OH is 1. The lowest BCUT2D eigenvalue weighted by Crippen LogP contribution is -2.58. The Kier molecular flexibility index (Phi) is 8.61. The third-order valence-corrected chi connectivity index (χ3v) is 5.78. The predicted molar refractivity (Wildman–Crippen MR) is 130 cm³/mol. The summed E-state index contributed by atoms with van der Waals surface area (Å²) < 4.78 is 15.5. The molecular formula is C26H26O12. The zero-order chi connectivity index (χ0) is 28.0. The van der Waals surface area contributed by atoms with Gasteiger partial charge in [0.1, 0.15) is 6.10 Å². The van der Waals surface area contributed by atoms with Crippen LogP contribution in [0.25, 0.3) is 12.2 Å². The van der Waals surface area contributed by atoms with Gasteiger partial charge in [0.15, 0.2) is 34.7 Å². The van der Waals surface area contributed by atoms with Gasteiger partial charge in [0.05, 0.1) is 13.2 Å². The van der Waals surface area contributed by atoms with Crippen molar-refractivity contribution in [2.75, 3.05) is 7.11 Å². The van der Waals surface area contributed by atoms with Gasteiger partial charge < -0.3 is 44.8 Å². The van der Waals surface area contributed by atoms with E-state index in [0.29, 0.717) is 11.1 Å². The van der Waals surface area contributed by atoms with Crippen molar-refractivity contribution in [3.63, 3.8) is 0 Å². The Morgan fingerprint density at radius 1 is 0.868 bits per heavy atom. The molecular weight excluding hydrogens is 504 g/mol. The third kappa shape index (κ3) is 6.81. The molecule has 0 aliphatic heterocycles. The highest BCUT2D eigenvalue weighted by Crippen LogP contribution is 2.33. The summed E-state index contributed by atoms with van der Waals surface area (Å²) in [4.78, 5) is 36.5. The average molecular weight is 530 g/mol. The molecule has 12 heteroatoms. The number of ether oxygens (including phenoxy) is 3. The Morgan fingerprint density at radius 2 is 1.45 bits per heavy atom. The van der Waals surface area contributed by atoms with Gasteiger partial charge in [-0.3, -0.25) is 0 Å². The first-order chi connectivity index (χ1) is 17.9. The van der Waals surface area contributed by atoms with Gasteiger partial charge in [0.2, 0.25) is 0 Å². The van der Waals surface area contributed by atoms with Gasteiger partial charge in [-0.15, -0.1) is 0 Å². The number of carboxylic acid groups (broad SMARTS) is 1. The van der Waals surface area contributed by atoms with Crippen molar-refractivity contribution in [2.24, 2.45) is 0 Å². The molecule has 0 spiro atoms. The van der Waals surface area contributed by atoms with Gasteiger partial charge in [0.25, 0.3) is 0 Å². The van der Waals surface area contributed by atoms with E-state index < -0.39 is 60.4 Å². The molecule has 1 aliphatic carbocycles. The Morgan fingerprint density at radius 3 is 2.03 bits per heavy atom. The molecule has 0 bridgehead atoms. The second-order valence-electron chi connectivity index (χ2n) is 8.54. The van der Waals surface area contributed by atoms with E-state index in [1.54, 1.807) is 0 Å². The maximum atomic E-state index is 12.5. The fraction of sp³-hybridized carbons (Fsp3) is 0.269. The highest BCUT2D eigenvalue weighted by atomic mass is 16.6. The number of rotatable bonds is 8. The molecule has 202 valence electrons. The number of carbonyl (C=O) groups excluding carboxylic acids is 2. The van der Waals surface area contributed by atoms with Crippen molar-refractivity contribution >= 4 is 30.1 Å². The number of carboxylic acids is 1. The number of methoxy groups -OCH3 is 1. The highest BCUT2D eigenvalue weighted by Gasteiger charge is 2.52. The summed E-state index contributed by atoms with van der Waals surface area (Å²) in [6, 6.07) is 8.06. The molecule has 38 heavy (non-hydrogen) atoms. The van der Waals surface area contributed by atoms with E-state index in [4.69, 9.17) is 14.2 Å². The van der Waals surface area contributed by atoms with Crippen molar-refractivity contribution < 1.29 is 59.2 Å². The second-order valence-corrected chi connectivity index (χ2v) is 8.54. The first-order valence-electron chi connectivity index (χ1n) is 11.2. The number of hydrogen-bond donors (Lipinski definition) is 6. The number of phenolic OH excluding ortho intramolecular Hbond substituents is 3. The lowest BCUT2D eigenvalue weighted by molar-refractivity contribution is -0.204. The van der Waals surface area contributed by atoms with E-state index in [9.17, 15) is 45.0 Å². The molecule has 6 N–H and O–H groups in total. The van der Waals surface area contributed by atoms with Crippen LogP contribution in [0.2, 0.25) is 0 Å². The van der Waals surface area contributed by atoms with E-state index in [1.807, 2.05) is 0 Å². The van der Waals surface area contributed by atoms with E-state index in [2.05, 4.69) is 0 Å². The SMILES string of the molecule is COc1cc(/C=C/C(=O)O[C@H]2[C@@H](OC(=O)/C=C/c3ccc(O)c(O)c3)C[C@](O)(C(=O)O)C[C@@H]2O)ccc1O. The molecule has 1 aliphatic rings. The summed E-state index contributed by atoms with van der Waals surface area (Å²) >= 11 is 0. The molecule has 0 radical (unpaired) electrons. The molecule has 12 nitrogen and oxygen atoms in total. The van der Waals surface area contributed by atoms with E-state index in [-0.39, 0.29) is 17.2 Å².